The van der Waals surface area contributed by atoms with Crippen molar-refractivity contribution in [2.45, 2.75) is 46.1 Å². The molecule has 0 aromatic carbocycles. The summed E-state index contributed by atoms with van der Waals surface area (Å²) in [6, 6.07) is 0.477. The number of ether oxygens (including phenoxy) is 2. The molecule has 0 amide bonds. The standard InChI is InChI=1S/C13H20ClN3O2/c1-4-18-12-15-11(14)16-13(17-12)19-10-6-5-8(2)9(3)7-10/h8-10H,4-7H2,1-3H3. The second kappa shape index (κ2) is 6.37. The van der Waals surface area contributed by atoms with Gasteiger partial charge in [-0.15, -0.1) is 4.98 Å². The van der Waals surface area contributed by atoms with Crippen molar-refractivity contribution in [3.8, 4) is 12.0 Å². The highest BCUT2D eigenvalue weighted by Gasteiger charge is 2.26. The molecule has 1 aliphatic carbocycles. The molecule has 0 N–H and O–H groups in total. The maximum Gasteiger partial charge on any atom is 0.324 e. The lowest BCUT2D eigenvalue weighted by Crippen LogP contribution is -2.29. The Balaban J connectivity index is 2.02. The van der Waals surface area contributed by atoms with Crippen LogP contribution in [-0.4, -0.2) is 27.7 Å². The van der Waals surface area contributed by atoms with Crippen molar-refractivity contribution >= 4 is 11.6 Å². The van der Waals surface area contributed by atoms with Crippen molar-refractivity contribution in [1.82, 2.24) is 15.0 Å². The van der Waals surface area contributed by atoms with Crippen molar-refractivity contribution in [2.75, 3.05) is 6.61 Å². The second-order valence-corrected chi connectivity index (χ2v) is 5.45. The zero-order valence-electron chi connectivity index (χ0n) is 11.6. The number of rotatable bonds is 4. The van der Waals surface area contributed by atoms with E-state index in [1.165, 1.54) is 6.42 Å². The van der Waals surface area contributed by atoms with Crippen molar-refractivity contribution in [3.05, 3.63) is 5.28 Å². The largest absolute Gasteiger partial charge is 0.464 e. The maximum absolute atomic E-state index is 5.83. The zero-order valence-corrected chi connectivity index (χ0v) is 12.4. The van der Waals surface area contributed by atoms with Gasteiger partial charge < -0.3 is 9.47 Å². The Bertz CT molecular complexity index is 430. The Morgan fingerprint density at radius 2 is 1.84 bits per heavy atom. The van der Waals surface area contributed by atoms with Gasteiger partial charge in [-0.05, 0) is 49.6 Å². The Morgan fingerprint density at radius 3 is 2.53 bits per heavy atom. The van der Waals surface area contributed by atoms with E-state index in [-0.39, 0.29) is 23.4 Å². The molecule has 0 bridgehead atoms. The first-order chi connectivity index (χ1) is 9.08. The van der Waals surface area contributed by atoms with Gasteiger partial charge in [0.1, 0.15) is 6.10 Å². The first-order valence-electron chi connectivity index (χ1n) is 6.79. The van der Waals surface area contributed by atoms with E-state index in [9.17, 15) is 0 Å². The molecule has 1 heterocycles. The van der Waals surface area contributed by atoms with E-state index in [2.05, 4.69) is 28.8 Å². The van der Waals surface area contributed by atoms with Crippen LogP contribution in [0, 0.1) is 11.8 Å². The molecule has 1 aromatic heterocycles. The van der Waals surface area contributed by atoms with Gasteiger partial charge in [0.15, 0.2) is 0 Å². The summed E-state index contributed by atoms with van der Waals surface area (Å²) in [6.07, 6.45) is 3.37. The Kier molecular flexibility index (Phi) is 4.80. The molecule has 1 fully saturated rings. The van der Waals surface area contributed by atoms with Gasteiger partial charge in [0, 0.05) is 0 Å². The first kappa shape index (κ1) is 14.3. The number of hydrogen-bond donors (Lipinski definition) is 0. The van der Waals surface area contributed by atoms with Crippen LogP contribution in [0.2, 0.25) is 5.28 Å². The quantitative estimate of drug-likeness (QED) is 0.851. The minimum Gasteiger partial charge on any atom is -0.464 e. The van der Waals surface area contributed by atoms with Crippen LogP contribution in [-0.2, 0) is 0 Å². The highest BCUT2D eigenvalue weighted by molar-refractivity contribution is 6.28. The zero-order chi connectivity index (χ0) is 13.8. The number of aromatic nitrogens is 3. The monoisotopic (exact) mass is 285 g/mol. The lowest BCUT2D eigenvalue weighted by Gasteiger charge is -2.31. The lowest BCUT2D eigenvalue weighted by atomic mass is 9.80. The molecular formula is C13H20ClN3O2. The highest BCUT2D eigenvalue weighted by Crippen LogP contribution is 2.31. The molecule has 3 atom stereocenters. The number of hydrogen-bond acceptors (Lipinski definition) is 5. The molecule has 106 valence electrons. The normalized spacial score (nSPS) is 27.1. The van der Waals surface area contributed by atoms with Gasteiger partial charge in [0.25, 0.3) is 0 Å². The van der Waals surface area contributed by atoms with Gasteiger partial charge in [-0.1, -0.05) is 13.8 Å². The molecule has 2 rings (SSSR count). The third kappa shape index (κ3) is 3.93. The molecule has 1 aliphatic rings. The van der Waals surface area contributed by atoms with E-state index >= 15 is 0 Å². The fourth-order valence-corrected chi connectivity index (χ4v) is 2.46. The molecular weight excluding hydrogens is 266 g/mol. The summed E-state index contributed by atoms with van der Waals surface area (Å²) in [4.78, 5) is 12.0. The molecule has 1 saturated carbocycles. The minimum atomic E-state index is 0.102. The van der Waals surface area contributed by atoms with E-state index in [0.717, 1.165) is 18.8 Å². The summed E-state index contributed by atoms with van der Waals surface area (Å²) in [5.74, 6) is 1.41. The van der Waals surface area contributed by atoms with Crippen molar-refractivity contribution in [2.24, 2.45) is 11.8 Å². The predicted molar refractivity (Wildman–Crippen MR) is 72.6 cm³/mol. The SMILES string of the molecule is CCOc1nc(Cl)nc(OC2CCC(C)C(C)C2)n1. The van der Waals surface area contributed by atoms with Gasteiger partial charge in [-0.2, -0.15) is 9.97 Å². The van der Waals surface area contributed by atoms with Crippen LogP contribution in [0.3, 0.4) is 0 Å². The molecule has 0 radical (unpaired) electrons. The van der Waals surface area contributed by atoms with Crippen LogP contribution in [0.4, 0.5) is 0 Å². The molecule has 0 spiro atoms. The summed E-state index contributed by atoms with van der Waals surface area (Å²) in [5, 5.41) is 0.102. The molecule has 0 aliphatic heterocycles. The van der Waals surface area contributed by atoms with Crippen LogP contribution >= 0.6 is 11.6 Å². The van der Waals surface area contributed by atoms with Gasteiger partial charge in [0.05, 0.1) is 6.61 Å². The summed E-state index contributed by atoms with van der Waals surface area (Å²) >= 11 is 5.83. The summed E-state index contributed by atoms with van der Waals surface area (Å²) in [7, 11) is 0. The van der Waals surface area contributed by atoms with Gasteiger partial charge in [-0.3, -0.25) is 0 Å². The lowest BCUT2D eigenvalue weighted by molar-refractivity contribution is 0.0905. The Hall–Kier alpha value is -1.10. The number of halogens is 1. The van der Waals surface area contributed by atoms with Crippen LogP contribution in [0.1, 0.15) is 40.0 Å². The molecule has 19 heavy (non-hydrogen) atoms. The Morgan fingerprint density at radius 1 is 1.11 bits per heavy atom. The van der Waals surface area contributed by atoms with Gasteiger partial charge in [-0.25, -0.2) is 0 Å². The van der Waals surface area contributed by atoms with Crippen LogP contribution in [0.15, 0.2) is 0 Å². The molecule has 1 aromatic rings. The third-order valence-electron chi connectivity index (χ3n) is 3.66. The molecule has 0 saturated heterocycles. The summed E-state index contributed by atoms with van der Waals surface area (Å²) in [5.41, 5.74) is 0. The maximum atomic E-state index is 5.83. The van der Waals surface area contributed by atoms with Gasteiger partial charge in [0.2, 0.25) is 5.28 Å². The fraction of sp³-hybridized carbons (Fsp3) is 0.769. The van der Waals surface area contributed by atoms with Gasteiger partial charge >= 0.3 is 12.0 Å². The van der Waals surface area contributed by atoms with Crippen molar-refractivity contribution in [1.29, 1.82) is 0 Å². The molecule has 3 unspecified atom stereocenters. The number of nitrogens with zero attached hydrogens (tertiary/aromatic N) is 3. The minimum absolute atomic E-state index is 0.102. The van der Waals surface area contributed by atoms with E-state index in [1.807, 2.05) is 6.92 Å². The average Bonchev–Trinajstić information content (AvgIpc) is 2.33. The van der Waals surface area contributed by atoms with E-state index in [0.29, 0.717) is 12.5 Å². The smallest absolute Gasteiger partial charge is 0.324 e. The van der Waals surface area contributed by atoms with Crippen LogP contribution in [0.5, 0.6) is 12.0 Å². The topological polar surface area (TPSA) is 57.1 Å². The van der Waals surface area contributed by atoms with E-state index in [4.69, 9.17) is 21.1 Å². The van der Waals surface area contributed by atoms with E-state index in [1.54, 1.807) is 0 Å². The van der Waals surface area contributed by atoms with Crippen LogP contribution < -0.4 is 9.47 Å². The summed E-state index contributed by atoms with van der Waals surface area (Å²) < 4.78 is 11.0. The fourth-order valence-electron chi connectivity index (χ4n) is 2.32. The van der Waals surface area contributed by atoms with Crippen molar-refractivity contribution < 1.29 is 9.47 Å². The second-order valence-electron chi connectivity index (χ2n) is 5.11. The summed E-state index contributed by atoms with van der Waals surface area (Å²) in [6.45, 7) is 6.89. The highest BCUT2D eigenvalue weighted by atomic mass is 35.5. The van der Waals surface area contributed by atoms with E-state index < -0.39 is 0 Å². The predicted octanol–water partition coefficient (Wildman–Crippen LogP) is 3.13. The third-order valence-corrected chi connectivity index (χ3v) is 3.83. The molecule has 6 heteroatoms. The Labute approximate surface area is 118 Å². The average molecular weight is 286 g/mol. The van der Waals surface area contributed by atoms with Crippen LogP contribution in [0.25, 0.3) is 0 Å². The van der Waals surface area contributed by atoms with Crippen molar-refractivity contribution in [3.63, 3.8) is 0 Å². The first-order valence-corrected chi connectivity index (χ1v) is 7.17. The molecule has 5 nitrogen and oxygen atoms in total.